The van der Waals surface area contributed by atoms with Gasteiger partial charge in [0.15, 0.2) is 0 Å². The zero-order valence-electron chi connectivity index (χ0n) is 20.4. The topological polar surface area (TPSA) is 104 Å². The molecule has 1 amide bonds. The minimum absolute atomic E-state index is 0.0863. The molecule has 0 unspecified atom stereocenters. The average molecular weight is 547 g/mol. The largest absolute Gasteiger partial charge is 0.443 e. The van der Waals surface area contributed by atoms with Crippen LogP contribution in [0.1, 0.15) is 24.0 Å². The quantitative estimate of drug-likeness (QED) is 0.422. The van der Waals surface area contributed by atoms with Gasteiger partial charge >= 0.3 is 6.18 Å². The van der Waals surface area contributed by atoms with Crippen LogP contribution < -0.4 is 5.32 Å². The smallest absolute Gasteiger partial charge is 0.416 e. The Labute approximate surface area is 217 Å². The first-order chi connectivity index (χ1) is 18.0. The van der Waals surface area contributed by atoms with E-state index in [0.29, 0.717) is 40.8 Å². The first kappa shape index (κ1) is 27.3. The molecule has 2 heterocycles. The molecule has 1 aromatic heterocycles. The number of allylic oxidation sites excluding steroid dienone is 1. The molecular weight excluding hydrogens is 521 g/mol. The second-order valence-electron chi connectivity index (χ2n) is 8.57. The van der Waals surface area contributed by atoms with Crippen LogP contribution in [0.4, 0.5) is 13.2 Å². The van der Waals surface area contributed by atoms with Gasteiger partial charge in [0.1, 0.15) is 11.6 Å². The molecular formula is C26H25F3N4O4S. The van der Waals surface area contributed by atoms with E-state index >= 15 is 0 Å². The van der Waals surface area contributed by atoms with Crippen LogP contribution in [0.3, 0.4) is 0 Å². The van der Waals surface area contributed by atoms with Gasteiger partial charge in [0.25, 0.3) is 10.0 Å². The number of aliphatic imine (C=N–C) groups is 2. The second-order valence-corrected chi connectivity index (χ2v) is 10.4. The molecule has 12 heteroatoms. The number of amides is 1. The van der Waals surface area contributed by atoms with Crippen LogP contribution in [0.15, 0.2) is 85.9 Å². The number of sulfonamides is 1. The average Bonchev–Trinajstić information content (AvgIpc) is 3.57. The van der Waals surface area contributed by atoms with E-state index in [1.807, 2.05) is 0 Å². The molecule has 0 spiro atoms. The van der Waals surface area contributed by atoms with Gasteiger partial charge in [-0.05, 0) is 49.4 Å². The van der Waals surface area contributed by atoms with Gasteiger partial charge in [-0.1, -0.05) is 30.3 Å². The standard InChI is InChI=1S/C26H25F3N4O4S/c1-30-20(15-21(31-2)17-9-11-19(12-10-17)26(27,28)29)16-32-25(34)22-7-5-13-33(22)38(35,36)24-14-18-6-3-4-8-23(18)37-24/h3-4,6,8-12,14-15,22H,1,5,7,13,16H2,2H3,(H,32,34)/b20-15-,31-21?/t22-/m0/s1. The van der Waals surface area contributed by atoms with Crippen molar-refractivity contribution >= 4 is 39.3 Å². The predicted molar refractivity (Wildman–Crippen MR) is 138 cm³/mol. The summed E-state index contributed by atoms with van der Waals surface area (Å²) in [5.74, 6) is -0.513. The van der Waals surface area contributed by atoms with Crippen molar-refractivity contribution in [2.75, 3.05) is 20.1 Å². The minimum atomic E-state index is -4.46. The Morgan fingerprint density at radius 2 is 1.92 bits per heavy atom. The number of alkyl halides is 3. The zero-order chi connectivity index (χ0) is 27.5. The maximum atomic E-state index is 13.3. The van der Waals surface area contributed by atoms with E-state index in [1.165, 1.54) is 31.3 Å². The molecule has 4 rings (SSSR count). The van der Waals surface area contributed by atoms with Crippen molar-refractivity contribution in [3.63, 3.8) is 0 Å². The first-order valence-corrected chi connectivity index (χ1v) is 13.1. The lowest BCUT2D eigenvalue weighted by molar-refractivity contribution is -0.137. The molecule has 38 heavy (non-hydrogen) atoms. The number of fused-ring (bicyclic) bond motifs is 1. The Hall–Kier alpha value is -3.77. The van der Waals surface area contributed by atoms with Gasteiger partial charge < -0.3 is 9.73 Å². The predicted octanol–water partition coefficient (Wildman–Crippen LogP) is 4.42. The molecule has 2 aromatic carbocycles. The molecule has 0 saturated carbocycles. The Morgan fingerprint density at radius 1 is 1.21 bits per heavy atom. The molecule has 200 valence electrons. The molecule has 0 radical (unpaired) electrons. The third-order valence-electron chi connectivity index (χ3n) is 6.17. The van der Waals surface area contributed by atoms with Gasteiger partial charge in [-0.3, -0.25) is 14.8 Å². The summed E-state index contributed by atoms with van der Waals surface area (Å²) in [7, 11) is -2.58. The number of nitrogens with zero attached hydrogens (tertiary/aromatic N) is 3. The summed E-state index contributed by atoms with van der Waals surface area (Å²) in [5, 5.41) is 3.09. The Morgan fingerprint density at radius 3 is 2.55 bits per heavy atom. The lowest BCUT2D eigenvalue weighted by Gasteiger charge is -2.22. The third kappa shape index (κ3) is 5.70. The highest BCUT2D eigenvalue weighted by Gasteiger charge is 2.41. The summed E-state index contributed by atoms with van der Waals surface area (Å²) in [6.45, 7) is 3.57. The van der Waals surface area contributed by atoms with Crippen molar-refractivity contribution in [3.05, 3.63) is 77.5 Å². The van der Waals surface area contributed by atoms with E-state index in [4.69, 9.17) is 4.42 Å². The molecule has 1 aliphatic rings. The van der Waals surface area contributed by atoms with E-state index < -0.39 is 33.7 Å². The van der Waals surface area contributed by atoms with Crippen LogP contribution in [0, 0.1) is 0 Å². The molecule has 0 aliphatic carbocycles. The van der Waals surface area contributed by atoms with E-state index in [9.17, 15) is 26.4 Å². The normalized spacial score (nSPS) is 17.6. The van der Waals surface area contributed by atoms with Gasteiger partial charge in [0.2, 0.25) is 11.0 Å². The molecule has 1 aliphatic heterocycles. The van der Waals surface area contributed by atoms with Crippen molar-refractivity contribution < 1.29 is 30.8 Å². The van der Waals surface area contributed by atoms with Gasteiger partial charge in [-0.15, -0.1) is 0 Å². The highest BCUT2D eigenvalue weighted by atomic mass is 32.2. The molecule has 8 nitrogen and oxygen atoms in total. The zero-order valence-corrected chi connectivity index (χ0v) is 21.2. The Bertz CT molecular complexity index is 1480. The Kier molecular flexibility index (Phi) is 7.83. The van der Waals surface area contributed by atoms with Gasteiger partial charge in [-0.25, -0.2) is 8.42 Å². The van der Waals surface area contributed by atoms with Crippen molar-refractivity contribution in [3.8, 4) is 0 Å². The van der Waals surface area contributed by atoms with Gasteiger partial charge in [-0.2, -0.15) is 17.5 Å². The molecule has 1 fully saturated rings. The van der Waals surface area contributed by atoms with E-state index in [1.54, 1.807) is 24.3 Å². The number of carbonyl (C=O) groups is 1. The number of benzene rings is 2. The number of hydrogen-bond donors (Lipinski definition) is 1. The van der Waals surface area contributed by atoms with Crippen LogP contribution in [0.25, 0.3) is 11.0 Å². The Balaban J connectivity index is 1.46. The number of rotatable bonds is 8. The fourth-order valence-electron chi connectivity index (χ4n) is 4.20. The van der Waals surface area contributed by atoms with Crippen LogP contribution in [0.5, 0.6) is 0 Å². The maximum absolute atomic E-state index is 13.3. The SMILES string of the molecule is C=N/C(=C\C(=NC)c1ccc(C(F)(F)F)cc1)CNC(=O)[C@@H]1CCCN1S(=O)(=O)c1cc2ccccc2o1. The van der Waals surface area contributed by atoms with Crippen LogP contribution in [-0.4, -0.2) is 57.2 Å². The highest BCUT2D eigenvalue weighted by Crippen LogP contribution is 2.31. The number of halogens is 3. The minimum Gasteiger partial charge on any atom is -0.443 e. The lowest BCUT2D eigenvalue weighted by Crippen LogP contribution is -2.46. The third-order valence-corrected chi connectivity index (χ3v) is 7.94. The highest BCUT2D eigenvalue weighted by molar-refractivity contribution is 7.89. The number of para-hydroxylation sites is 1. The monoisotopic (exact) mass is 546 g/mol. The van der Waals surface area contributed by atoms with E-state index in [-0.39, 0.29) is 18.2 Å². The van der Waals surface area contributed by atoms with Crippen molar-refractivity contribution in [2.45, 2.75) is 30.2 Å². The number of nitrogens with one attached hydrogen (secondary N) is 1. The molecule has 3 aromatic rings. The summed E-state index contributed by atoms with van der Waals surface area (Å²) in [6, 6.07) is 11.9. The fourth-order valence-corrected chi connectivity index (χ4v) is 5.81. The van der Waals surface area contributed by atoms with Crippen LogP contribution >= 0.6 is 0 Å². The number of hydrogen-bond acceptors (Lipinski definition) is 6. The molecule has 1 atom stereocenters. The lowest BCUT2D eigenvalue weighted by atomic mass is 10.1. The fraction of sp³-hybridized carbons (Fsp3) is 0.269. The van der Waals surface area contributed by atoms with Crippen molar-refractivity contribution in [1.82, 2.24) is 9.62 Å². The van der Waals surface area contributed by atoms with Gasteiger partial charge in [0.05, 0.1) is 23.5 Å². The van der Waals surface area contributed by atoms with Crippen molar-refractivity contribution in [2.24, 2.45) is 9.98 Å². The van der Waals surface area contributed by atoms with Gasteiger partial charge in [0, 0.05) is 25.0 Å². The van der Waals surface area contributed by atoms with E-state index in [0.717, 1.165) is 16.4 Å². The van der Waals surface area contributed by atoms with Crippen LogP contribution in [-0.2, 0) is 21.0 Å². The summed E-state index contributed by atoms with van der Waals surface area (Å²) in [5.41, 5.74) is 0.703. The van der Waals surface area contributed by atoms with E-state index in [2.05, 4.69) is 22.0 Å². The number of furan rings is 1. The molecule has 0 bridgehead atoms. The number of carbonyl (C=O) groups excluding carboxylic acids is 1. The summed E-state index contributed by atoms with van der Waals surface area (Å²) in [6.07, 6.45) is -2.13. The summed E-state index contributed by atoms with van der Waals surface area (Å²) in [4.78, 5) is 21.0. The first-order valence-electron chi connectivity index (χ1n) is 11.6. The van der Waals surface area contributed by atoms with Crippen molar-refractivity contribution in [1.29, 1.82) is 0 Å². The summed E-state index contributed by atoms with van der Waals surface area (Å²) < 4.78 is 71.8. The molecule has 1 N–H and O–H groups in total. The van der Waals surface area contributed by atoms with Crippen LogP contribution in [0.2, 0.25) is 0 Å². The maximum Gasteiger partial charge on any atom is 0.416 e. The molecule has 1 saturated heterocycles. The summed E-state index contributed by atoms with van der Waals surface area (Å²) >= 11 is 0. The second kappa shape index (κ2) is 10.9.